The number of ether oxygens (including phenoxy) is 4. The van der Waals surface area contributed by atoms with Gasteiger partial charge in [0.05, 0.1) is 99.8 Å². The Hall–Kier alpha value is -8.95. The van der Waals surface area contributed by atoms with Gasteiger partial charge in [0.1, 0.15) is 28.7 Å². The van der Waals surface area contributed by atoms with E-state index in [1.54, 1.807) is 70.3 Å². The van der Waals surface area contributed by atoms with E-state index in [9.17, 15) is 0 Å². The van der Waals surface area contributed by atoms with Gasteiger partial charge in [0, 0.05) is 95.9 Å². The molecule has 0 aliphatic carbocycles. The van der Waals surface area contributed by atoms with Crippen molar-refractivity contribution < 1.29 is 18.9 Å². The SMILES string of the molecule is C#CCN(c1cc(OC)cc(OC)c1)c1ccc2ncc(-c3cn[nH]c3)nc2c1.COc1cc(OC)cc(N(CC#Cc2cc(C)ccn2)c2ccc3ncc(-c4cnn(C)c4)nc3c2)c1. The molecule has 0 aliphatic rings. The van der Waals surface area contributed by atoms with Crippen LogP contribution >= 0.6 is 0 Å². The standard InChI is InChI=1S/C29H26N6O2.C22H19N5O2/c1-20-9-10-30-22(12-20)6-5-11-35(24-13-25(36-3)16-26(14-24)37-4)23-7-8-27-28(15-23)33-29(18-31-27)21-17-32-34(2)19-21;1-4-7-27(17-8-18(28-2)11-19(9-17)29-3)16-5-6-20-21(10-16)26-22(14-23-20)15-12-24-25-13-15/h7-10,12-19H,11H2,1-4H3;1,5-6,8-14H,7H2,2-3H3,(H,24,25). The Labute approximate surface area is 382 Å². The fourth-order valence-corrected chi connectivity index (χ4v) is 7.02. The van der Waals surface area contributed by atoms with E-state index < -0.39 is 0 Å². The molecule has 4 aromatic carbocycles. The van der Waals surface area contributed by atoms with Crippen LogP contribution in [0.2, 0.25) is 0 Å². The van der Waals surface area contributed by atoms with Crippen molar-refractivity contribution in [1.82, 2.24) is 44.9 Å². The summed E-state index contributed by atoms with van der Waals surface area (Å²) in [5, 5.41) is 11.0. The monoisotopic (exact) mass is 875 g/mol. The number of aromatic amines is 1. The lowest BCUT2D eigenvalue weighted by Crippen LogP contribution is -2.17. The van der Waals surface area contributed by atoms with E-state index in [4.69, 9.17) is 35.3 Å². The summed E-state index contributed by atoms with van der Waals surface area (Å²) in [6.07, 6.45) is 18.1. The molecule has 0 amide bonds. The zero-order valence-electron chi connectivity index (χ0n) is 37.2. The first kappa shape index (κ1) is 43.7. The number of nitrogens with zero attached hydrogens (tertiary/aromatic N) is 10. The Morgan fingerprint density at radius 3 is 1.65 bits per heavy atom. The first-order valence-electron chi connectivity index (χ1n) is 20.6. The van der Waals surface area contributed by atoms with Crippen LogP contribution in [0.1, 0.15) is 11.3 Å². The first-order valence-corrected chi connectivity index (χ1v) is 20.6. The van der Waals surface area contributed by atoms with Gasteiger partial charge in [-0.25, -0.2) is 15.0 Å². The second kappa shape index (κ2) is 20.0. The molecule has 9 rings (SSSR count). The van der Waals surface area contributed by atoms with E-state index in [1.165, 1.54) is 0 Å². The smallest absolute Gasteiger partial charge is 0.124 e. The van der Waals surface area contributed by atoms with E-state index in [0.717, 1.165) is 78.6 Å². The van der Waals surface area contributed by atoms with Crippen molar-refractivity contribution >= 4 is 44.8 Å². The molecule has 15 heteroatoms. The predicted molar refractivity (Wildman–Crippen MR) is 257 cm³/mol. The molecule has 0 radical (unpaired) electrons. The summed E-state index contributed by atoms with van der Waals surface area (Å²) in [6.45, 7) is 2.81. The summed E-state index contributed by atoms with van der Waals surface area (Å²) in [4.78, 5) is 27.2. The molecule has 9 aromatic rings. The first-order chi connectivity index (χ1) is 32.2. The van der Waals surface area contributed by atoms with Gasteiger partial charge < -0.3 is 28.7 Å². The van der Waals surface area contributed by atoms with Gasteiger partial charge in [-0.3, -0.25) is 19.7 Å². The summed E-state index contributed by atoms with van der Waals surface area (Å²) in [7, 11) is 8.39. The molecule has 0 spiro atoms. The highest BCUT2D eigenvalue weighted by Crippen LogP contribution is 2.36. The third-order valence-electron chi connectivity index (χ3n) is 10.4. The van der Waals surface area contributed by atoms with Crippen LogP contribution in [0, 0.1) is 31.1 Å². The van der Waals surface area contributed by atoms with Crippen LogP contribution in [0.3, 0.4) is 0 Å². The molecule has 0 bridgehead atoms. The Balaban J connectivity index is 0.000000185. The Morgan fingerprint density at radius 2 is 1.17 bits per heavy atom. The average molecular weight is 876 g/mol. The molecule has 0 saturated heterocycles. The quantitative estimate of drug-likeness (QED) is 0.117. The van der Waals surface area contributed by atoms with Gasteiger partial charge in [-0.2, -0.15) is 10.2 Å². The molecule has 0 atom stereocenters. The van der Waals surface area contributed by atoms with Gasteiger partial charge in [0.2, 0.25) is 0 Å². The third-order valence-corrected chi connectivity index (χ3v) is 10.4. The van der Waals surface area contributed by atoms with Gasteiger partial charge in [-0.05, 0) is 66.9 Å². The molecule has 0 unspecified atom stereocenters. The maximum atomic E-state index is 5.65. The number of hydrogen-bond donors (Lipinski definition) is 1. The molecule has 1 N–H and O–H groups in total. The number of terminal acetylenes is 1. The van der Waals surface area contributed by atoms with Crippen molar-refractivity contribution in [3.63, 3.8) is 0 Å². The van der Waals surface area contributed by atoms with Crippen molar-refractivity contribution in [3.8, 4) is 69.7 Å². The van der Waals surface area contributed by atoms with E-state index in [1.807, 2.05) is 110 Å². The number of aryl methyl sites for hydroxylation is 2. The second-order valence-corrected chi connectivity index (χ2v) is 14.8. The van der Waals surface area contributed by atoms with E-state index >= 15 is 0 Å². The number of anilines is 4. The van der Waals surface area contributed by atoms with Crippen LogP contribution in [0.5, 0.6) is 23.0 Å². The van der Waals surface area contributed by atoms with Crippen molar-refractivity contribution in [2.24, 2.45) is 7.05 Å². The minimum absolute atomic E-state index is 0.372. The Bertz CT molecular complexity index is 3200. The van der Waals surface area contributed by atoms with Crippen LogP contribution in [0.25, 0.3) is 44.6 Å². The highest BCUT2D eigenvalue weighted by molar-refractivity contribution is 5.84. The fraction of sp³-hybridized carbons (Fsp3) is 0.157. The van der Waals surface area contributed by atoms with Crippen LogP contribution in [-0.4, -0.2) is 86.4 Å². The number of methoxy groups -OCH3 is 4. The zero-order chi connectivity index (χ0) is 46.0. The van der Waals surface area contributed by atoms with Gasteiger partial charge in [0.15, 0.2) is 0 Å². The number of rotatable bonds is 12. The summed E-state index contributed by atoms with van der Waals surface area (Å²) in [5.41, 5.74) is 11.8. The molecule has 5 aromatic heterocycles. The molecule has 0 saturated carbocycles. The number of benzene rings is 4. The summed E-state index contributed by atoms with van der Waals surface area (Å²) in [5.74, 6) is 11.9. The number of fused-ring (bicyclic) bond motifs is 2. The summed E-state index contributed by atoms with van der Waals surface area (Å²) < 4.78 is 23.6. The lowest BCUT2D eigenvalue weighted by molar-refractivity contribution is 0.394. The molecular formula is C51H45N11O4. The minimum Gasteiger partial charge on any atom is -0.497 e. The molecule has 0 fully saturated rings. The number of aromatic nitrogens is 9. The van der Waals surface area contributed by atoms with Gasteiger partial charge in [0.25, 0.3) is 0 Å². The second-order valence-electron chi connectivity index (χ2n) is 14.8. The zero-order valence-corrected chi connectivity index (χ0v) is 37.2. The van der Waals surface area contributed by atoms with Crippen molar-refractivity contribution in [2.75, 3.05) is 51.3 Å². The Morgan fingerprint density at radius 1 is 0.606 bits per heavy atom. The summed E-state index contributed by atoms with van der Waals surface area (Å²) in [6, 6.07) is 27.2. The van der Waals surface area contributed by atoms with Crippen molar-refractivity contribution in [2.45, 2.75) is 6.92 Å². The third kappa shape index (κ3) is 10.1. The van der Waals surface area contributed by atoms with E-state index in [2.05, 4.69) is 52.9 Å². The number of nitrogens with one attached hydrogen (secondary N) is 1. The van der Waals surface area contributed by atoms with Crippen molar-refractivity contribution in [1.29, 1.82) is 0 Å². The highest BCUT2D eigenvalue weighted by atomic mass is 16.5. The van der Waals surface area contributed by atoms with Gasteiger partial charge in [-0.15, -0.1) is 6.42 Å². The molecule has 66 heavy (non-hydrogen) atoms. The highest BCUT2D eigenvalue weighted by Gasteiger charge is 2.16. The topological polar surface area (TPSA) is 154 Å². The van der Waals surface area contributed by atoms with Crippen LogP contribution < -0.4 is 28.7 Å². The van der Waals surface area contributed by atoms with Crippen LogP contribution in [-0.2, 0) is 7.05 Å². The molecule has 0 aliphatic heterocycles. The molecule has 15 nitrogen and oxygen atoms in total. The lowest BCUT2D eigenvalue weighted by Gasteiger charge is -2.24. The van der Waals surface area contributed by atoms with Gasteiger partial charge in [-0.1, -0.05) is 11.8 Å². The maximum Gasteiger partial charge on any atom is 0.124 e. The summed E-state index contributed by atoms with van der Waals surface area (Å²) >= 11 is 0. The number of H-pyrrole nitrogens is 1. The fourth-order valence-electron chi connectivity index (χ4n) is 7.02. The van der Waals surface area contributed by atoms with Crippen LogP contribution in [0.15, 0.2) is 128 Å². The lowest BCUT2D eigenvalue weighted by atomic mass is 10.2. The van der Waals surface area contributed by atoms with E-state index in [0.29, 0.717) is 36.1 Å². The normalized spacial score (nSPS) is 10.6. The number of pyridine rings is 1. The molecular weight excluding hydrogens is 831 g/mol. The maximum absolute atomic E-state index is 5.65. The van der Waals surface area contributed by atoms with Crippen LogP contribution in [0.4, 0.5) is 22.7 Å². The van der Waals surface area contributed by atoms with Gasteiger partial charge >= 0.3 is 0 Å². The van der Waals surface area contributed by atoms with Crippen molar-refractivity contribution in [3.05, 3.63) is 140 Å². The molecule has 5 heterocycles. The minimum atomic E-state index is 0.372. The molecule has 328 valence electrons. The number of hydrogen-bond acceptors (Lipinski definition) is 13. The Kier molecular flexibility index (Phi) is 13.3. The predicted octanol–water partition coefficient (Wildman–Crippen LogP) is 8.75. The van der Waals surface area contributed by atoms with E-state index in [-0.39, 0.29) is 0 Å². The largest absolute Gasteiger partial charge is 0.497 e. The average Bonchev–Trinajstić information content (AvgIpc) is 4.07.